The summed E-state index contributed by atoms with van der Waals surface area (Å²) in [6, 6.07) is 4.25. The van der Waals surface area contributed by atoms with Crippen LogP contribution in [0.3, 0.4) is 0 Å². The van der Waals surface area contributed by atoms with Crippen molar-refractivity contribution in [3.8, 4) is 0 Å². The first-order valence-corrected chi connectivity index (χ1v) is 10.9. The van der Waals surface area contributed by atoms with E-state index in [2.05, 4.69) is 10.0 Å². The Labute approximate surface area is 166 Å². The lowest BCUT2D eigenvalue weighted by molar-refractivity contribution is -0.124. The molecule has 0 atom stereocenters. The monoisotopic (exact) mass is 412 g/mol. The summed E-state index contributed by atoms with van der Waals surface area (Å²) in [6.45, 7) is 1.90. The fourth-order valence-electron chi connectivity index (χ4n) is 3.05. The largest absolute Gasteiger partial charge is 0.452 e. The predicted molar refractivity (Wildman–Crippen MR) is 104 cm³/mol. The average Bonchev–Trinajstić information content (AvgIpc) is 2.67. The summed E-state index contributed by atoms with van der Waals surface area (Å²) in [5.41, 5.74) is 0.692. The second-order valence-electron chi connectivity index (χ2n) is 6.85. The van der Waals surface area contributed by atoms with Crippen molar-refractivity contribution in [2.75, 3.05) is 26.9 Å². The van der Waals surface area contributed by atoms with Crippen LogP contribution in [0.4, 0.5) is 0 Å². The molecular weight excluding hydrogens is 384 g/mol. The third kappa shape index (κ3) is 6.57. The molecule has 156 valence electrons. The van der Waals surface area contributed by atoms with Gasteiger partial charge in [-0.3, -0.25) is 4.79 Å². The number of hydrogen-bond acceptors (Lipinski definition) is 6. The number of hydrogen-bond donors (Lipinski definition) is 2. The molecule has 9 heteroatoms. The molecule has 0 aliphatic heterocycles. The van der Waals surface area contributed by atoms with E-state index in [9.17, 15) is 18.0 Å². The van der Waals surface area contributed by atoms with Crippen LogP contribution in [0.1, 0.15) is 48.0 Å². The number of ether oxygens (including phenoxy) is 2. The molecule has 8 nitrogen and oxygen atoms in total. The third-order valence-corrected chi connectivity index (χ3v) is 6.15. The van der Waals surface area contributed by atoms with Gasteiger partial charge in [0.25, 0.3) is 5.91 Å². The third-order valence-electron chi connectivity index (χ3n) is 4.63. The van der Waals surface area contributed by atoms with Crippen molar-refractivity contribution < 1.29 is 27.5 Å². The normalized spacial score (nSPS) is 15.2. The molecule has 2 N–H and O–H groups in total. The first-order chi connectivity index (χ1) is 13.3. The molecule has 2 rings (SSSR count). The van der Waals surface area contributed by atoms with Gasteiger partial charge in [-0.05, 0) is 37.5 Å². The number of sulfonamides is 1. The molecule has 1 aromatic carbocycles. The van der Waals surface area contributed by atoms with Gasteiger partial charge < -0.3 is 14.8 Å². The highest BCUT2D eigenvalue weighted by molar-refractivity contribution is 7.89. The van der Waals surface area contributed by atoms with E-state index in [0.717, 1.165) is 32.1 Å². The molecule has 0 unspecified atom stereocenters. The van der Waals surface area contributed by atoms with E-state index in [4.69, 9.17) is 9.47 Å². The minimum absolute atomic E-state index is 0.0140. The summed E-state index contributed by atoms with van der Waals surface area (Å²) in [6.07, 6.45) is 4.77. The van der Waals surface area contributed by atoms with Crippen LogP contribution in [-0.4, -0.2) is 53.2 Å². The van der Waals surface area contributed by atoms with E-state index >= 15 is 0 Å². The quantitative estimate of drug-likeness (QED) is 0.470. The van der Waals surface area contributed by atoms with E-state index in [0.29, 0.717) is 18.7 Å². The number of benzene rings is 1. The number of amides is 1. The van der Waals surface area contributed by atoms with Gasteiger partial charge in [-0.25, -0.2) is 17.9 Å². The highest BCUT2D eigenvalue weighted by atomic mass is 32.2. The molecule has 0 aromatic heterocycles. The number of rotatable bonds is 9. The highest BCUT2D eigenvalue weighted by Gasteiger charge is 2.23. The van der Waals surface area contributed by atoms with Gasteiger partial charge in [-0.15, -0.1) is 0 Å². The SMILES string of the molecule is COCCNC(=O)COC(=O)c1cc(S(=O)(=O)NC2CCCCC2)ccc1C. The smallest absolute Gasteiger partial charge is 0.338 e. The van der Waals surface area contributed by atoms with Crippen molar-refractivity contribution in [1.29, 1.82) is 0 Å². The van der Waals surface area contributed by atoms with Crippen molar-refractivity contribution in [2.45, 2.75) is 50.0 Å². The summed E-state index contributed by atoms with van der Waals surface area (Å²) in [5.74, 6) is -1.19. The zero-order valence-corrected chi connectivity index (χ0v) is 17.1. The highest BCUT2D eigenvalue weighted by Crippen LogP contribution is 2.21. The van der Waals surface area contributed by atoms with Crippen LogP contribution in [-0.2, 0) is 24.3 Å². The molecule has 1 amide bonds. The number of esters is 1. The van der Waals surface area contributed by atoms with Crippen molar-refractivity contribution in [1.82, 2.24) is 10.0 Å². The van der Waals surface area contributed by atoms with Crippen LogP contribution in [0.5, 0.6) is 0 Å². The van der Waals surface area contributed by atoms with Crippen LogP contribution in [0.2, 0.25) is 0 Å². The second kappa shape index (κ2) is 10.5. The average molecular weight is 413 g/mol. The minimum atomic E-state index is -3.73. The summed E-state index contributed by atoms with van der Waals surface area (Å²) in [4.78, 5) is 24.0. The first-order valence-electron chi connectivity index (χ1n) is 9.39. The molecule has 0 heterocycles. The maximum atomic E-state index is 12.7. The van der Waals surface area contributed by atoms with E-state index < -0.39 is 28.5 Å². The van der Waals surface area contributed by atoms with Crippen molar-refractivity contribution in [3.05, 3.63) is 29.3 Å². The van der Waals surface area contributed by atoms with Gasteiger partial charge in [0.2, 0.25) is 10.0 Å². The van der Waals surface area contributed by atoms with Crippen molar-refractivity contribution in [3.63, 3.8) is 0 Å². The minimum Gasteiger partial charge on any atom is -0.452 e. The lowest BCUT2D eigenvalue weighted by atomic mass is 9.96. The van der Waals surface area contributed by atoms with Gasteiger partial charge >= 0.3 is 5.97 Å². The number of aryl methyl sites for hydroxylation is 1. The van der Waals surface area contributed by atoms with Gasteiger partial charge in [0, 0.05) is 19.7 Å². The standard InChI is InChI=1S/C19H28N2O6S/c1-14-8-9-16(28(24,25)21-15-6-4-3-5-7-15)12-17(14)19(23)27-13-18(22)20-10-11-26-2/h8-9,12,15,21H,3-7,10-11,13H2,1-2H3,(H,20,22). The Morgan fingerprint density at radius 1 is 1.18 bits per heavy atom. The Morgan fingerprint density at radius 3 is 2.57 bits per heavy atom. The lowest BCUT2D eigenvalue weighted by Gasteiger charge is -2.22. The van der Waals surface area contributed by atoms with Crippen LogP contribution in [0.25, 0.3) is 0 Å². The maximum Gasteiger partial charge on any atom is 0.338 e. The van der Waals surface area contributed by atoms with E-state index in [-0.39, 0.29) is 16.5 Å². The molecule has 1 aromatic rings. The predicted octanol–water partition coefficient (Wildman–Crippen LogP) is 1.53. The van der Waals surface area contributed by atoms with Crippen LogP contribution < -0.4 is 10.0 Å². The maximum absolute atomic E-state index is 12.7. The van der Waals surface area contributed by atoms with Gasteiger partial charge in [-0.2, -0.15) is 0 Å². The summed E-state index contributed by atoms with van der Waals surface area (Å²) < 4.78 is 37.9. The number of methoxy groups -OCH3 is 1. The van der Waals surface area contributed by atoms with Gasteiger partial charge in [0.05, 0.1) is 17.1 Å². The fourth-order valence-corrected chi connectivity index (χ4v) is 4.38. The summed E-state index contributed by atoms with van der Waals surface area (Å²) in [5, 5.41) is 2.54. The lowest BCUT2D eigenvalue weighted by Crippen LogP contribution is -2.36. The van der Waals surface area contributed by atoms with E-state index in [1.165, 1.54) is 19.2 Å². The summed E-state index contributed by atoms with van der Waals surface area (Å²) in [7, 11) is -2.22. The molecule has 28 heavy (non-hydrogen) atoms. The molecule has 0 saturated heterocycles. The molecule has 1 aliphatic rings. The first kappa shape index (κ1) is 22.3. The van der Waals surface area contributed by atoms with Crippen LogP contribution in [0.15, 0.2) is 23.1 Å². The molecular formula is C19H28N2O6S. The molecule has 0 bridgehead atoms. The Kier molecular flexibility index (Phi) is 8.40. The van der Waals surface area contributed by atoms with Crippen LogP contribution in [0, 0.1) is 6.92 Å². The Bertz CT molecular complexity index is 788. The zero-order valence-electron chi connectivity index (χ0n) is 16.3. The van der Waals surface area contributed by atoms with Gasteiger partial charge in [0.1, 0.15) is 0 Å². The Balaban J connectivity index is 2.03. The van der Waals surface area contributed by atoms with E-state index in [1.54, 1.807) is 13.0 Å². The second-order valence-corrected chi connectivity index (χ2v) is 8.57. The molecule has 1 aliphatic carbocycles. The van der Waals surface area contributed by atoms with Gasteiger partial charge in [0.15, 0.2) is 6.61 Å². The van der Waals surface area contributed by atoms with Crippen LogP contribution >= 0.6 is 0 Å². The zero-order chi connectivity index (χ0) is 20.6. The fraction of sp³-hybridized carbons (Fsp3) is 0.579. The Hall–Kier alpha value is -1.97. The number of carbonyl (C=O) groups is 2. The Morgan fingerprint density at radius 2 is 1.89 bits per heavy atom. The topological polar surface area (TPSA) is 111 Å². The molecule has 1 fully saturated rings. The molecule has 0 radical (unpaired) electrons. The van der Waals surface area contributed by atoms with Gasteiger partial charge in [-0.1, -0.05) is 25.3 Å². The van der Waals surface area contributed by atoms with E-state index in [1.807, 2.05) is 0 Å². The number of nitrogens with one attached hydrogen (secondary N) is 2. The van der Waals surface area contributed by atoms with Crippen molar-refractivity contribution >= 4 is 21.9 Å². The number of carbonyl (C=O) groups excluding carboxylic acids is 2. The van der Waals surface area contributed by atoms with Crippen molar-refractivity contribution in [2.24, 2.45) is 0 Å². The summed E-state index contributed by atoms with van der Waals surface area (Å²) >= 11 is 0. The molecule has 0 spiro atoms. The molecule has 1 saturated carbocycles.